The molecule has 0 aromatic heterocycles. The van der Waals surface area contributed by atoms with E-state index < -0.39 is 23.5 Å². The number of amides is 1. The number of hydrogen-bond acceptors (Lipinski definition) is 2. The Hall–Kier alpha value is -1.63. The number of rotatable bonds is 5. The predicted octanol–water partition coefficient (Wildman–Crippen LogP) is 3.16. The molecular formula is C13H16F4N2O. The van der Waals surface area contributed by atoms with Gasteiger partial charge in [0.05, 0.1) is 5.56 Å². The molecule has 0 spiro atoms. The summed E-state index contributed by atoms with van der Waals surface area (Å²) < 4.78 is 50.6. The van der Waals surface area contributed by atoms with E-state index in [0.29, 0.717) is 25.1 Å². The van der Waals surface area contributed by atoms with Crippen LogP contribution in [0, 0.1) is 11.7 Å². The largest absolute Gasteiger partial charge is 0.419 e. The molecule has 112 valence electrons. The Bertz CT molecular complexity index is 474. The average Bonchev–Trinajstić information content (AvgIpc) is 2.37. The Kier molecular flexibility index (Phi) is 5.50. The summed E-state index contributed by atoms with van der Waals surface area (Å²) in [5, 5.41) is 2.31. The molecule has 0 fully saturated rings. The number of nitrogens with two attached hydrogens (primary N) is 1. The van der Waals surface area contributed by atoms with Crippen molar-refractivity contribution in [3.63, 3.8) is 0 Å². The van der Waals surface area contributed by atoms with E-state index in [1.807, 2.05) is 6.92 Å². The Morgan fingerprint density at radius 2 is 2.05 bits per heavy atom. The van der Waals surface area contributed by atoms with Gasteiger partial charge in [0.15, 0.2) is 0 Å². The Labute approximate surface area is 114 Å². The lowest BCUT2D eigenvalue weighted by Crippen LogP contribution is -2.17. The highest BCUT2D eigenvalue weighted by atomic mass is 19.4. The number of carbonyl (C=O) groups is 1. The van der Waals surface area contributed by atoms with E-state index in [1.165, 1.54) is 0 Å². The van der Waals surface area contributed by atoms with Crippen LogP contribution in [0.15, 0.2) is 18.2 Å². The van der Waals surface area contributed by atoms with Crippen LogP contribution in [0.1, 0.15) is 25.3 Å². The summed E-state index contributed by atoms with van der Waals surface area (Å²) in [6, 6.07) is 2.36. The van der Waals surface area contributed by atoms with Crippen LogP contribution in [0.3, 0.4) is 0 Å². The molecule has 0 aliphatic rings. The minimum atomic E-state index is -4.79. The number of carbonyl (C=O) groups excluding carboxylic acids is 1. The molecule has 0 saturated heterocycles. The fourth-order valence-corrected chi connectivity index (χ4v) is 1.54. The first-order chi connectivity index (χ1) is 9.24. The minimum absolute atomic E-state index is 0.0795. The standard InChI is InChI=1S/C13H16F4N2O/c1-8(7-18)2-5-12(20)19-9-3-4-11(14)10(6-9)13(15,16)17/h3-4,6,8H,2,5,7,18H2,1H3,(H,19,20). The molecule has 1 atom stereocenters. The quantitative estimate of drug-likeness (QED) is 0.819. The van der Waals surface area contributed by atoms with Crippen molar-refractivity contribution in [1.29, 1.82) is 0 Å². The summed E-state index contributed by atoms with van der Waals surface area (Å²) in [7, 11) is 0. The van der Waals surface area contributed by atoms with Gasteiger partial charge in [-0.3, -0.25) is 4.79 Å². The zero-order chi connectivity index (χ0) is 15.3. The Balaban J connectivity index is 2.71. The topological polar surface area (TPSA) is 55.1 Å². The summed E-state index contributed by atoms with van der Waals surface area (Å²) >= 11 is 0. The first kappa shape index (κ1) is 16.4. The predicted molar refractivity (Wildman–Crippen MR) is 67.5 cm³/mol. The van der Waals surface area contributed by atoms with Gasteiger partial charge in [-0.15, -0.1) is 0 Å². The van der Waals surface area contributed by atoms with Crippen LogP contribution < -0.4 is 11.1 Å². The van der Waals surface area contributed by atoms with Crippen molar-refractivity contribution in [3.05, 3.63) is 29.6 Å². The SMILES string of the molecule is CC(CN)CCC(=O)Nc1ccc(F)c(C(F)(F)F)c1. The first-order valence-corrected chi connectivity index (χ1v) is 6.10. The summed E-state index contributed by atoms with van der Waals surface area (Å²) in [5.41, 5.74) is 3.92. The van der Waals surface area contributed by atoms with Gasteiger partial charge in [0.1, 0.15) is 5.82 Å². The molecule has 0 radical (unpaired) electrons. The van der Waals surface area contributed by atoms with E-state index in [0.717, 1.165) is 6.07 Å². The van der Waals surface area contributed by atoms with Crippen LogP contribution in [-0.2, 0) is 11.0 Å². The van der Waals surface area contributed by atoms with E-state index in [9.17, 15) is 22.4 Å². The van der Waals surface area contributed by atoms with Crippen molar-refractivity contribution in [3.8, 4) is 0 Å². The molecule has 3 N–H and O–H groups in total. The molecule has 1 unspecified atom stereocenters. The third kappa shape index (κ3) is 4.80. The zero-order valence-electron chi connectivity index (χ0n) is 10.9. The van der Waals surface area contributed by atoms with Gasteiger partial charge in [0.25, 0.3) is 0 Å². The van der Waals surface area contributed by atoms with E-state index in [4.69, 9.17) is 5.73 Å². The number of nitrogens with one attached hydrogen (secondary N) is 1. The van der Waals surface area contributed by atoms with Gasteiger partial charge >= 0.3 is 6.18 Å². The van der Waals surface area contributed by atoms with E-state index in [1.54, 1.807) is 0 Å². The first-order valence-electron chi connectivity index (χ1n) is 6.10. The monoisotopic (exact) mass is 292 g/mol. The second-order valence-corrected chi connectivity index (χ2v) is 4.62. The lowest BCUT2D eigenvalue weighted by atomic mass is 10.1. The van der Waals surface area contributed by atoms with Gasteiger partial charge < -0.3 is 11.1 Å². The number of alkyl halides is 3. The summed E-state index contributed by atoms with van der Waals surface area (Å²) in [4.78, 5) is 11.6. The summed E-state index contributed by atoms with van der Waals surface area (Å²) in [5.74, 6) is -1.64. The van der Waals surface area contributed by atoms with Gasteiger partial charge in [-0.2, -0.15) is 13.2 Å². The number of halogens is 4. The van der Waals surface area contributed by atoms with Gasteiger partial charge in [-0.05, 0) is 37.1 Å². The minimum Gasteiger partial charge on any atom is -0.330 e. The Morgan fingerprint density at radius 3 is 2.60 bits per heavy atom. The highest BCUT2D eigenvalue weighted by Gasteiger charge is 2.34. The third-order valence-corrected chi connectivity index (χ3v) is 2.82. The highest BCUT2D eigenvalue weighted by Crippen LogP contribution is 2.33. The lowest BCUT2D eigenvalue weighted by Gasteiger charge is -2.12. The number of benzene rings is 1. The molecule has 1 amide bonds. The molecule has 0 aliphatic heterocycles. The maximum Gasteiger partial charge on any atom is 0.419 e. The molecule has 1 aromatic rings. The molecule has 7 heteroatoms. The fourth-order valence-electron chi connectivity index (χ4n) is 1.54. The number of hydrogen-bond donors (Lipinski definition) is 2. The molecule has 0 heterocycles. The van der Waals surface area contributed by atoms with Crippen molar-refractivity contribution in [2.75, 3.05) is 11.9 Å². The zero-order valence-corrected chi connectivity index (χ0v) is 10.9. The van der Waals surface area contributed by atoms with E-state index >= 15 is 0 Å². The lowest BCUT2D eigenvalue weighted by molar-refractivity contribution is -0.140. The van der Waals surface area contributed by atoms with Crippen molar-refractivity contribution in [2.24, 2.45) is 11.7 Å². The summed E-state index contributed by atoms with van der Waals surface area (Å²) in [6.45, 7) is 2.30. The van der Waals surface area contributed by atoms with E-state index in [2.05, 4.69) is 5.32 Å². The average molecular weight is 292 g/mol. The third-order valence-electron chi connectivity index (χ3n) is 2.82. The van der Waals surface area contributed by atoms with Crippen LogP contribution >= 0.6 is 0 Å². The summed E-state index contributed by atoms with van der Waals surface area (Å²) in [6.07, 6.45) is -4.11. The van der Waals surface area contributed by atoms with Crippen molar-refractivity contribution >= 4 is 11.6 Å². The molecule has 1 aromatic carbocycles. The van der Waals surface area contributed by atoms with Crippen LogP contribution in [0.2, 0.25) is 0 Å². The van der Waals surface area contributed by atoms with Crippen molar-refractivity contribution in [1.82, 2.24) is 0 Å². The molecule has 0 saturated carbocycles. The number of anilines is 1. The smallest absolute Gasteiger partial charge is 0.330 e. The Morgan fingerprint density at radius 1 is 1.40 bits per heavy atom. The van der Waals surface area contributed by atoms with Crippen molar-refractivity contribution in [2.45, 2.75) is 25.9 Å². The second-order valence-electron chi connectivity index (χ2n) is 4.62. The highest BCUT2D eigenvalue weighted by molar-refractivity contribution is 5.90. The van der Waals surface area contributed by atoms with Gasteiger partial charge in [0, 0.05) is 12.1 Å². The fraction of sp³-hybridized carbons (Fsp3) is 0.462. The van der Waals surface area contributed by atoms with Crippen LogP contribution in [-0.4, -0.2) is 12.5 Å². The van der Waals surface area contributed by atoms with Crippen LogP contribution in [0.25, 0.3) is 0 Å². The second kappa shape index (κ2) is 6.69. The van der Waals surface area contributed by atoms with Crippen LogP contribution in [0.4, 0.5) is 23.2 Å². The van der Waals surface area contributed by atoms with Crippen LogP contribution in [0.5, 0.6) is 0 Å². The molecular weight excluding hydrogens is 276 g/mol. The van der Waals surface area contributed by atoms with Crippen molar-refractivity contribution < 1.29 is 22.4 Å². The maximum atomic E-state index is 13.1. The van der Waals surface area contributed by atoms with Gasteiger partial charge in [-0.25, -0.2) is 4.39 Å². The maximum absolute atomic E-state index is 13.1. The molecule has 3 nitrogen and oxygen atoms in total. The normalized spacial score (nSPS) is 13.1. The molecule has 0 aliphatic carbocycles. The molecule has 1 rings (SSSR count). The van der Waals surface area contributed by atoms with Gasteiger partial charge in [0.2, 0.25) is 5.91 Å². The molecule has 0 bridgehead atoms. The van der Waals surface area contributed by atoms with E-state index in [-0.39, 0.29) is 18.0 Å². The van der Waals surface area contributed by atoms with Gasteiger partial charge in [-0.1, -0.05) is 6.92 Å². The molecule has 20 heavy (non-hydrogen) atoms.